The van der Waals surface area contributed by atoms with Gasteiger partial charge in [0.05, 0.1) is 19.2 Å². The van der Waals surface area contributed by atoms with Crippen molar-refractivity contribution >= 4 is 17.2 Å². The van der Waals surface area contributed by atoms with Crippen molar-refractivity contribution in [2.45, 2.75) is 19.9 Å². The van der Waals surface area contributed by atoms with Gasteiger partial charge in [0, 0.05) is 24.0 Å². The molecule has 0 saturated heterocycles. The Labute approximate surface area is 158 Å². The number of methoxy groups -OCH3 is 1. The number of hydrogen-bond donors (Lipinski definition) is 0. The van der Waals surface area contributed by atoms with Crippen molar-refractivity contribution in [2.75, 3.05) is 14.2 Å². The monoisotopic (exact) mass is 366 g/mol. The van der Waals surface area contributed by atoms with E-state index in [0.717, 1.165) is 32.5 Å². The predicted molar refractivity (Wildman–Crippen MR) is 105 cm³/mol. The largest absolute Gasteiger partial charge is 0.497 e. The summed E-state index contributed by atoms with van der Waals surface area (Å²) in [5.74, 6) is 0.897. The number of carbonyl (C=O) groups is 1. The molecule has 0 unspecified atom stereocenters. The molecule has 1 heterocycles. The first kappa shape index (κ1) is 18.1. The van der Waals surface area contributed by atoms with Crippen molar-refractivity contribution in [3.05, 3.63) is 70.7 Å². The predicted octanol–water partition coefficient (Wildman–Crippen LogP) is 4.33. The van der Waals surface area contributed by atoms with Gasteiger partial charge < -0.3 is 9.64 Å². The molecule has 0 fully saturated rings. The first-order valence-corrected chi connectivity index (χ1v) is 9.27. The van der Waals surface area contributed by atoms with Crippen LogP contribution in [0.15, 0.2) is 54.6 Å². The lowest BCUT2D eigenvalue weighted by molar-refractivity contribution is -0.129. The Kier molecular flexibility index (Phi) is 5.68. The molecule has 5 heteroatoms. The van der Waals surface area contributed by atoms with E-state index in [0.29, 0.717) is 13.0 Å². The molecule has 0 bridgehead atoms. The highest BCUT2D eigenvalue weighted by atomic mass is 32.1. The third-order valence-electron chi connectivity index (χ3n) is 4.21. The molecule has 0 atom stereocenters. The molecular weight excluding hydrogens is 344 g/mol. The summed E-state index contributed by atoms with van der Waals surface area (Å²) in [5.41, 5.74) is 3.05. The average molecular weight is 366 g/mol. The summed E-state index contributed by atoms with van der Waals surface area (Å²) in [7, 11) is 3.49. The Balaban J connectivity index is 1.71. The number of hydrogen-bond acceptors (Lipinski definition) is 4. The van der Waals surface area contributed by atoms with Gasteiger partial charge in [0.15, 0.2) is 0 Å². The van der Waals surface area contributed by atoms with Gasteiger partial charge >= 0.3 is 0 Å². The number of aromatic nitrogens is 1. The fourth-order valence-corrected chi connectivity index (χ4v) is 3.74. The number of amides is 1. The molecule has 0 spiro atoms. The van der Waals surface area contributed by atoms with Crippen LogP contribution in [0.25, 0.3) is 10.6 Å². The summed E-state index contributed by atoms with van der Waals surface area (Å²) >= 11 is 1.57. The first-order valence-electron chi connectivity index (χ1n) is 8.45. The molecule has 0 radical (unpaired) electrons. The van der Waals surface area contributed by atoms with Crippen LogP contribution in [0.4, 0.5) is 0 Å². The molecule has 0 aliphatic heterocycles. The maximum Gasteiger partial charge on any atom is 0.227 e. The molecule has 4 nitrogen and oxygen atoms in total. The van der Waals surface area contributed by atoms with E-state index in [9.17, 15) is 4.79 Å². The Morgan fingerprint density at radius 1 is 1.15 bits per heavy atom. The van der Waals surface area contributed by atoms with Gasteiger partial charge in [-0.3, -0.25) is 4.79 Å². The highest BCUT2D eigenvalue weighted by Crippen LogP contribution is 2.30. The van der Waals surface area contributed by atoms with E-state index in [1.807, 2.05) is 68.6 Å². The fourth-order valence-electron chi connectivity index (χ4n) is 2.69. The standard InChI is InChI=1S/C21H22N2O2S/c1-15-19(13-20(24)23(2)14-16-8-5-4-6-9-16)26-21(22-15)17-10-7-11-18(12-17)25-3/h4-12H,13-14H2,1-3H3. The zero-order valence-electron chi connectivity index (χ0n) is 15.2. The number of benzene rings is 2. The molecule has 0 N–H and O–H groups in total. The van der Waals surface area contributed by atoms with E-state index in [1.54, 1.807) is 23.3 Å². The van der Waals surface area contributed by atoms with Crippen LogP contribution in [-0.4, -0.2) is 29.9 Å². The van der Waals surface area contributed by atoms with E-state index in [4.69, 9.17) is 4.74 Å². The molecular formula is C21H22N2O2S. The summed E-state index contributed by atoms with van der Waals surface area (Å²) in [5, 5.41) is 0.912. The van der Waals surface area contributed by atoms with E-state index < -0.39 is 0 Å². The van der Waals surface area contributed by atoms with Crippen molar-refractivity contribution in [2.24, 2.45) is 0 Å². The highest BCUT2D eigenvalue weighted by molar-refractivity contribution is 7.15. The van der Waals surface area contributed by atoms with Gasteiger partial charge in [0.25, 0.3) is 0 Å². The SMILES string of the molecule is COc1cccc(-c2nc(C)c(CC(=O)N(C)Cc3ccccc3)s2)c1. The maximum atomic E-state index is 12.6. The molecule has 2 aromatic carbocycles. The number of carbonyl (C=O) groups excluding carboxylic acids is 1. The number of nitrogens with zero attached hydrogens (tertiary/aromatic N) is 2. The van der Waals surface area contributed by atoms with E-state index >= 15 is 0 Å². The third kappa shape index (κ3) is 4.29. The molecule has 26 heavy (non-hydrogen) atoms. The number of aryl methyl sites for hydroxylation is 1. The van der Waals surface area contributed by atoms with Crippen LogP contribution in [0.3, 0.4) is 0 Å². The van der Waals surface area contributed by atoms with Gasteiger partial charge in [-0.1, -0.05) is 42.5 Å². The van der Waals surface area contributed by atoms with Crippen LogP contribution in [-0.2, 0) is 17.8 Å². The number of rotatable bonds is 6. The van der Waals surface area contributed by atoms with Crippen LogP contribution in [0, 0.1) is 6.92 Å². The van der Waals surface area contributed by atoms with Crippen molar-refractivity contribution < 1.29 is 9.53 Å². The van der Waals surface area contributed by atoms with Crippen LogP contribution in [0.5, 0.6) is 5.75 Å². The average Bonchev–Trinajstić information content (AvgIpc) is 3.03. The summed E-state index contributed by atoms with van der Waals surface area (Å²) in [6.07, 6.45) is 0.372. The summed E-state index contributed by atoms with van der Waals surface area (Å²) in [4.78, 5) is 20.0. The minimum absolute atomic E-state index is 0.0952. The lowest BCUT2D eigenvalue weighted by Crippen LogP contribution is -2.27. The minimum Gasteiger partial charge on any atom is -0.497 e. The molecule has 3 rings (SSSR count). The van der Waals surface area contributed by atoms with Gasteiger partial charge in [-0.05, 0) is 24.6 Å². The maximum absolute atomic E-state index is 12.6. The number of thiazole rings is 1. The Hall–Kier alpha value is -2.66. The van der Waals surface area contributed by atoms with E-state index in [1.165, 1.54) is 0 Å². The minimum atomic E-state index is 0.0952. The number of ether oxygens (including phenoxy) is 1. The summed E-state index contributed by atoms with van der Waals surface area (Å²) in [6.45, 7) is 2.57. The Bertz CT molecular complexity index is 890. The second kappa shape index (κ2) is 8.15. The van der Waals surface area contributed by atoms with Crippen molar-refractivity contribution in [3.63, 3.8) is 0 Å². The van der Waals surface area contributed by atoms with Crippen molar-refractivity contribution in [3.8, 4) is 16.3 Å². The van der Waals surface area contributed by atoms with Gasteiger partial charge in [0.2, 0.25) is 5.91 Å². The lowest BCUT2D eigenvalue weighted by Gasteiger charge is -2.17. The first-order chi connectivity index (χ1) is 12.6. The van der Waals surface area contributed by atoms with Crippen LogP contribution >= 0.6 is 11.3 Å². The van der Waals surface area contributed by atoms with Crippen molar-refractivity contribution in [1.82, 2.24) is 9.88 Å². The molecule has 1 aromatic heterocycles. The van der Waals surface area contributed by atoms with Crippen molar-refractivity contribution in [1.29, 1.82) is 0 Å². The van der Waals surface area contributed by atoms with E-state index in [-0.39, 0.29) is 5.91 Å². The second-order valence-corrected chi connectivity index (χ2v) is 7.26. The van der Waals surface area contributed by atoms with E-state index in [2.05, 4.69) is 4.98 Å². The molecule has 0 saturated carbocycles. The van der Waals surface area contributed by atoms with Gasteiger partial charge in [-0.2, -0.15) is 0 Å². The molecule has 0 aliphatic rings. The number of likely N-dealkylation sites (N-methyl/N-ethyl adjacent to an activating group) is 1. The fraction of sp³-hybridized carbons (Fsp3) is 0.238. The molecule has 134 valence electrons. The summed E-state index contributed by atoms with van der Waals surface area (Å²) < 4.78 is 5.28. The Morgan fingerprint density at radius 2 is 1.92 bits per heavy atom. The lowest BCUT2D eigenvalue weighted by atomic mass is 10.2. The highest BCUT2D eigenvalue weighted by Gasteiger charge is 2.16. The smallest absolute Gasteiger partial charge is 0.227 e. The topological polar surface area (TPSA) is 42.4 Å². The Morgan fingerprint density at radius 3 is 2.65 bits per heavy atom. The van der Waals surface area contributed by atoms with Crippen LogP contribution in [0.1, 0.15) is 16.1 Å². The zero-order valence-corrected chi connectivity index (χ0v) is 16.0. The third-order valence-corrected chi connectivity index (χ3v) is 5.42. The van der Waals surface area contributed by atoms with Gasteiger partial charge in [0.1, 0.15) is 10.8 Å². The normalized spacial score (nSPS) is 10.6. The second-order valence-electron chi connectivity index (χ2n) is 6.17. The van der Waals surface area contributed by atoms with Gasteiger partial charge in [-0.15, -0.1) is 11.3 Å². The quantitative estimate of drug-likeness (QED) is 0.652. The molecule has 1 amide bonds. The molecule has 3 aromatic rings. The molecule has 0 aliphatic carbocycles. The summed E-state index contributed by atoms with van der Waals surface area (Å²) in [6, 6.07) is 17.8. The van der Waals surface area contributed by atoms with Crippen LogP contribution < -0.4 is 4.74 Å². The zero-order chi connectivity index (χ0) is 18.5. The van der Waals surface area contributed by atoms with Crippen LogP contribution in [0.2, 0.25) is 0 Å². The van der Waals surface area contributed by atoms with Gasteiger partial charge in [-0.25, -0.2) is 4.98 Å².